The number of hydrogen-bond acceptors (Lipinski definition) is 2. The Morgan fingerprint density at radius 2 is 1.95 bits per heavy atom. The average molecular weight is 289 g/mol. The summed E-state index contributed by atoms with van der Waals surface area (Å²) in [6.07, 6.45) is 0.135. The summed E-state index contributed by atoms with van der Waals surface area (Å²) >= 11 is 6.00. The molecule has 1 N–H and O–H groups in total. The summed E-state index contributed by atoms with van der Waals surface area (Å²) in [6, 6.07) is 13.2. The van der Waals surface area contributed by atoms with Gasteiger partial charge in [-0.1, -0.05) is 41.9 Å². The summed E-state index contributed by atoms with van der Waals surface area (Å²) in [5.74, 6) is 0.810. The second-order valence-corrected chi connectivity index (χ2v) is 6.27. The van der Waals surface area contributed by atoms with Gasteiger partial charge in [0, 0.05) is 17.0 Å². The lowest BCUT2D eigenvalue weighted by Gasteiger charge is -2.20. The van der Waals surface area contributed by atoms with E-state index in [1.165, 1.54) is 0 Å². The lowest BCUT2D eigenvalue weighted by atomic mass is 9.96. The van der Waals surface area contributed by atoms with E-state index in [1.54, 1.807) is 12.1 Å². The minimum Gasteiger partial charge on any atom is -0.487 e. The van der Waals surface area contributed by atoms with E-state index in [2.05, 4.69) is 19.9 Å². The van der Waals surface area contributed by atoms with Crippen molar-refractivity contribution in [2.75, 3.05) is 0 Å². The van der Waals surface area contributed by atoms with Gasteiger partial charge in [-0.15, -0.1) is 0 Å². The maximum absolute atomic E-state index is 10.6. The molecule has 0 aromatic heterocycles. The van der Waals surface area contributed by atoms with E-state index in [9.17, 15) is 5.11 Å². The zero-order valence-corrected chi connectivity index (χ0v) is 12.3. The van der Waals surface area contributed by atoms with Crippen molar-refractivity contribution >= 4 is 11.6 Å². The molecule has 3 rings (SSSR count). The van der Waals surface area contributed by atoms with Crippen molar-refractivity contribution < 1.29 is 9.84 Å². The Labute approximate surface area is 124 Å². The van der Waals surface area contributed by atoms with Gasteiger partial charge in [0.1, 0.15) is 17.5 Å². The fourth-order valence-electron chi connectivity index (χ4n) is 2.71. The molecule has 1 aliphatic heterocycles. The third-order valence-electron chi connectivity index (χ3n) is 3.58. The fourth-order valence-corrected chi connectivity index (χ4v) is 2.91. The molecular weight excluding hydrogens is 272 g/mol. The van der Waals surface area contributed by atoms with Gasteiger partial charge in [-0.05, 0) is 37.1 Å². The number of hydrogen-bond donors (Lipinski definition) is 1. The monoisotopic (exact) mass is 288 g/mol. The number of ether oxygens (including phenoxy) is 1. The Bertz CT molecular complexity index is 649. The molecule has 0 radical (unpaired) electrons. The van der Waals surface area contributed by atoms with E-state index in [4.69, 9.17) is 16.3 Å². The molecular formula is C17H17ClO2. The van der Waals surface area contributed by atoms with E-state index >= 15 is 0 Å². The number of para-hydroxylation sites is 1. The highest BCUT2D eigenvalue weighted by atomic mass is 35.5. The smallest absolute Gasteiger partial charge is 0.129 e. The first kappa shape index (κ1) is 13.5. The molecule has 2 aromatic rings. The van der Waals surface area contributed by atoms with E-state index < -0.39 is 6.10 Å². The van der Waals surface area contributed by atoms with Crippen LogP contribution in [0.4, 0.5) is 0 Å². The van der Waals surface area contributed by atoms with Gasteiger partial charge in [0.05, 0.1) is 0 Å². The Morgan fingerprint density at radius 3 is 2.70 bits per heavy atom. The third kappa shape index (κ3) is 2.41. The summed E-state index contributed by atoms with van der Waals surface area (Å²) in [5, 5.41) is 11.2. The van der Waals surface area contributed by atoms with Crippen LogP contribution in [0.3, 0.4) is 0 Å². The van der Waals surface area contributed by atoms with Gasteiger partial charge < -0.3 is 9.84 Å². The van der Waals surface area contributed by atoms with Crippen molar-refractivity contribution in [3.63, 3.8) is 0 Å². The van der Waals surface area contributed by atoms with Crippen LogP contribution in [0.25, 0.3) is 0 Å². The topological polar surface area (TPSA) is 29.5 Å². The Balaban J connectivity index is 2.02. The van der Waals surface area contributed by atoms with Crippen molar-refractivity contribution in [3.8, 4) is 5.75 Å². The van der Waals surface area contributed by atoms with Gasteiger partial charge in [0.25, 0.3) is 0 Å². The van der Waals surface area contributed by atoms with Crippen LogP contribution in [0.15, 0.2) is 42.5 Å². The van der Waals surface area contributed by atoms with Crippen molar-refractivity contribution in [1.29, 1.82) is 0 Å². The summed E-state index contributed by atoms with van der Waals surface area (Å²) in [7, 11) is 0. The number of halogens is 1. The van der Waals surface area contributed by atoms with Crippen LogP contribution < -0.4 is 4.74 Å². The molecule has 2 aromatic carbocycles. The predicted octanol–water partition coefficient (Wildman–Crippen LogP) is 4.14. The van der Waals surface area contributed by atoms with E-state index in [0.29, 0.717) is 5.02 Å². The second-order valence-electron chi connectivity index (χ2n) is 5.83. The minimum atomic E-state index is -0.724. The van der Waals surface area contributed by atoms with E-state index in [1.807, 2.05) is 24.3 Å². The van der Waals surface area contributed by atoms with Crippen molar-refractivity contribution in [2.45, 2.75) is 32.0 Å². The van der Waals surface area contributed by atoms with Gasteiger partial charge in [-0.25, -0.2) is 0 Å². The third-order valence-corrected chi connectivity index (χ3v) is 3.82. The van der Waals surface area contributed by atoms with Gasteiger partial charge in [0.15, 0.2) is 0 Å². The molecule has 3 heteroatoms. The normalized spacial score (nSPS) is 17.4. The van der Waals surface area contributed by atoms with Gasteiger partial charge >= 0.3 is 0 Å². The second kappa shape index (κ2) is 4.80. The Kier molecular flexibility index (Phi) is 3.23. The number of aliphatic hydroxyl groups is 1. The van der Waals surface area contributed by atoms with Crippen LogP contribution in [-0.2, 0) is 6.42 Å². The quantitative estimate of drug-likeness (QED) is 0.900. The number of benzene rings is 2. The molecule has 1 heterocycles. The molecule has 1 atom stereocenters. The summed E-state index contributed by atoms with van der Waals surface area (Å²) in [4.78, 5) is 0. The first-order valence-electron chi connectivity index (χ1n) is 6.71. The zero-order chi connectivity index (χ0) is 14.3. The largest absolute Gasteiger partial charge is 0.487 e. The molecule has 0 fully saturated rings. The van der Waals surface area contributed by atoms with Crippen LogP contribution in [0.5, 0.6) is 5.75 Å². The highest BCUT2D eigenvalue weighted by molar-refractivity contribution is 6.30. The van der Waals surface area contributed by atoms with E-state index in [-0.39, 0.29) is 5.60 Å². The van der Waals surface area contributed by atoms with E-state index in [0.717, 1.165) is 28.9 Å². The summed E-state index contributed by atoms with van der Waals surface area (Å²) < 4.78 is 6.01. The van der Waals surface area contributed by atoms with Crippen molar-refractivity contribution in [1.82, 2.24) is 0 Å². The minimum absolute atomic E-state index is 0.216. The van der Waals surface area contributed by atoms with Gasteiger partial charge in [0.2, 0.25) is 0 Å². The Morgan fingerprint density at radius 1 is 1.20 bits per heavy atom. The predicted molar refractivity (Wildman–Crippen MR) is 80.4 cm³/mol. The molecule has 0 amide bonds. The lowest BCUT2D eigenvalue weighted by Crippen LogP contribution is -2.25. The molecule has 1 unspecified atom stereocenters. The van der Waals surface area contributed by atoms with Crippen LogP contribution in [0, 0.1) is 0 Å². The maximum Gasteiger partial charge on any atom is 0.129 e. The number of rotatable bonds is 2. The molecule has 0 saturated carbocycles. The van der Waals surface area contributed by atoms with Crippen molar-refractivity contribution in [2.24, 2.45) is 0 Å². The summed E-state index contributed by atoms with van der Waals surface area (Å²) in [5.41, 5.74) is 2.51. The van der Waals surface area contributed by atoms with Crippen LogP contribution in [-0.4, -0.2) is 10.7 Å². The standard InChI is InChI=1S/C17H17ClO2/c1-17(2)10-12-6-4-8-14(16(12)20-17)15(19)11-5-3-7-13(18)9-11/h3-9,15,19H,10H2,1-2H3. The summed E-state index contributed by atoms with van der Waals surface area (Å²) in [6.45, 7) is 4.12. The van der Waals surface area contributed by atoms with Crippen LogP contribution >= 0.6 is 11.6 Å². The molecule has 0 bridgehead atoms. The van der Waals surface area contributed by atoms with Gasteiger partial charge in [-0.2, -0.15) is 0 Å². The lowest BCUT2D eigenvalue weighted by molar-refractivity contribution is 0.131. The highest BCUT2D eigenvalue weighted by Gasteiger charge is 2.33. The van der Waals surface area contributed by atoms with Crippen LogP contribution in [0.2, 0.25) is 5.02 Å². The molecule has 104 valence electrons. The zero-order valence-electron chi connectivity index (χ0n) is 11.6. The number of aliphatic hydroxyl groups excluding tert-OH is 1. The molecule has 2 nitrogen and oxygen atoms in total. The Hall–Kier alpha value is -1.51. The molecule has 1 aliphatic rings. The first-order chi connectivity index (χ1) is 9.46. The molecule has 0 saturated heterocycles. The molecule has 20 heavy (non-hydrogen) atoms. The highest BCUT2D eigenvalue weighted by Crippen LogP contribution is 2.41. The maximum atomic E-state index is 10.6. The average Bonchev–Trinajstić information content (AvgIpc) is 2.71. The number of fused-ring (bicyclic) bond motifs is 1. The van der Waals surface area contributed by atoms with Crippen LogP contribution in [0.1, 0.15) is 36.6 Å². The van der Waals surface area contributed by atoms with Crippen molar-refractivity contribution in [3.05, 3.63) is 64.2 Å². The van der Waals surface area contributed by atoms with Gasteiger partial charge in [-0.3, -0.25) is 0 Å². The molecule has 0 aliphatic carbocycles. The fraction of sp³-hybridized carbons (Fsp3) is 0.294. The first-order valence-corrected chi connectivity index (χ1v) is 7.08. The SMILES string of the molecule is CC1(C)Cc2cccc(C(O)c3cccc(Cl)c3)c2O1. The molecule has 0 spiro atoms.